The second-order valence-electron chi connectivity index (χ2n) is 6.23. The van der Waals surface area contributed by atoms with E-state index in [-0.39, 0.29) is 18.2 Å². The minimum Gasteiger partial charge on any atom is -0.354 e. The van der Waals surface area contributed by atoms with E-state index >= 15 is 0 Å². The molecule has 1 aliphatic heterocycles. The van der Waals surface area contributed by atoms with Crippen molar-refractivity contribution in [2.24, 2.45) is 0 Å². The maximum atomic E-state index is 12.9. The van der Waals surface area contributed by atoms with Crippen molar-refractivity contribution in [3.05, 3.63) is 52.6 Å². The first-order valence-electron chi connectivity index (χ1n) is 8.34. The normalized spacial score (nSPS) is 14.9. The SMILES string of the molecule is Cl.O=S(=O)(Cc1ccc(Br)cc1)c1cc2c(N3CCNCC3)nccc2s1. The zero-order chi connectivity index (χ0) is 18.1. The van der Waals surface area contributed by atoms with Gasteiger partial charge < -0.3 is 10.2 Å². The second kappa shape index (κ2) is 8.45. The number of aromatic nitrogens is 1. The van der Waals surface area contributed by atoms with E-state index in [1.165, 1.54) is 11.3 Å². The van der Waals surface area contributed by atoms with E-state index in [0.29, 0.717) is 4.21 Å². The standard InChI is InChI=1S/C18H18BrN3O2S2.ClH/c19-14-3-1-13(2-4-14)12-26(23,24)17-11-15-16(25-17)5-6-21-18(15)22-9-7-20-8-10-22;/h1-6,11,20H,7-10,12H2;1H. The van der Waals surface area contributed by atoms with E-state index < -0.39 is 9.84 Å². The highest BCUT2D eigenvalue weighted by Crippen LogP contribution is 2.35. The van der Waals surface area contributed by atoms with Crippen LogP contribution in [0, 0.1) is 0 Å². The Hall–Kier alpha value is -1.19. The molecule has 1 N–H and O–H groups in total. The van der Waals surface area contributed by atoms with Crippen LogP contribution in [0.3, 0.4) is 0 Å². The van der Waals surface area contributed by atoms with Crippen LogP contribution in [0.15, 0.2) is 51.3 Å². The molecule has 5 nitrogen and oxygen atoms in total. The van der Waals surface area contributed by atoms with E-state index in [4.69, 9.17) is 0 Å². The number of benzene rings is 1. The molecule has 1 aromatic carbocycles. The second-order valence-corrected chi connectivity index (χ2v) is 10.5. The highest BCUT2D eigenvalue weighted by atomic mass is 79.9. The lowest BCUT2D eigenvalue weighted by atomic mass is 10.2. The van der Waals surface area contributed by atoms with Crippen molar-refractivity contribution in [3.8, 4) is 0 Å². The lowest BCUT2D eigenvalue weighted by molar-refractivity contribution is 0.586. The van der Waals surface area contributed by atoms with Crippen LogP contribution in [-0.4, -0.2) is 39.6 Å². The van der Waals surface area contributed by atoms with Crippen molar-refractivity contribution < 1.29 is 8.42 Å². The molecular formula is C18H19BrClN3O2S2. The average Bonchev–Trinajstić information content (AvgIpc) is 3.09. The number of anilines is 1. The molecule has 0 bridgehead atoms. The van der Waals surface area contributed by atoms with Gasteiger partial charge in [-0.15, -0.1) is 23.7 Å². The van der Waals surface area contributed by atoms with Crippen molar-refractivity contribution in [1.82, 2.24) is 10.3 Å². The first-order chi connectivity index (χ1) is 12.5. The summed E-state index contributed by atoms with van der Waals surface area (Å²) in [6.07, 6.45) is 1.77. The molecule has 0 spiro atoms. The molecule has 1 aliphatic rings. The fourth-order valence-electron chi connectivity index (χ4n) is 3.08. The molecule has 3 aromatic rings. The van der Waals surface area contributed by atoms with Gasteiger partial charge in [0.15, 0.2) is 9.84 Å². The zero-order valence-electron chi connectivity index (χ0n) is 14.4. The number of sulfone groups is 1. The van der Waals surface area contributed by atoms with Crippen LogP contribution in [0.1, 0.15) is 5.56 Å². The summed E-state index contributed by atoms with van der Waals surface area (Å²) in [5, 5.41) is 4.25. The minimum atomic E-state index is -3.39. The molecule has 0 saturated carbocycles. The molecule has 0 atom stereocenters. The molecule has 4 rings (SSSR count). The Bertz CT molecular complexity index is 1030. The smallest absolute Gasteiger partial charge is 0.191 e. The van der Waals surface area contributed by atoms with Gasteiger partial charge in [-0.05, 0) is 29.8 Å². The van der Waals surface area contributed by atoms with Crippen molar-refractivity contribution in [2.45, 2.75) is 9.96 Å². The molecule has 0 amide bonds. The van der Waals surface area contributed by atoms with Gasteiger partial charge in [0.25, 0.3) is 0 Å². The van der Waals surface area contributed by atoms with Crippen LogP contribution < -0.4 is 10.2 Å². The Kier molecular flexibility index (Phi) is 6.43. The van der Waals surface area contributed by atoms with Gasteiger partial charge in [0.05, 0.1) is 5.75 Å². The average molecular weight is 489 g/mol. The topological polar surface area (TPSA) is 62.3 Å². The van der Waals surface area contributed by atoms with Crippen LogP contribution in [0.25, 0.3) is 10.1 Å². The van der Waals surface area contributed by atoms with E-state index in [0.717, 1.165) is 52.1 Å². The van der Waals surface area contributed by atoms with Gasteiger partial charge >= 0.3 is 0 Å². The fraction of sp³-hybridized carbons (Fsp3) is 0.278. The first kappa shape index (κ1) is 20.5. The van der Waals surface area contributed by atoms with Crippen LogP contribution in [0.5, 0.6) is 0 Å². The summed E-state index contributed by atoms with van der Waals surface area (Å²) in [5.74, 6) is 0.883. The van der Waals surface area contributed by atoms with E-state index in [9.17, 15) is 8.42 Å². The molecule has 0 radical (unpaired) electrons. The highest BCUT2D eigenvalue weighted by molar-refractivity contribution is 9.10. The zero-order valence-corrected chi connectivity index (χ0v) is 18.4. The number of halogens is 2. The summed E-state index contributed by atoms with van der Waals surface area (Å²) in [4.78, 5) is 6.74. The van der Waals surface area contributed by atoms with E-state index in [1.807, 2.05) is 30.3 Å². The minimum absolute atomic E-state index is 0. The fourth-order valence-corrected chi connectivity index (χ4v) is 6.15. The number of fused-ring (bicyclic) bond motifs is 1. The van der Waals surface area contributed by atoms with Crippen LogP contribution in [0.2, 0.25) is 0 Å². The van der Waals surface area contributed by atoms with Crippen molar-refractivity contribution in [3.63, 3.8) is 0 Å². The number of nitrogens with zero attached hydrogens (tertiary/aromatic N) is 2. The Morgan fingerprint density at radius 2 is 1.85 bits per heavy atom. The molecule has 1 fully saturated rings. The molecule has 27 heavy (non-hydrogen) atoms. The summed E-state index contributed by atoms with van der Waals surface area (Å²) in [6, 6.07) is 11.1. The maximum absolute atomic E-state index is 12.9. The van der Waals surface area contributed by atoms with Crippen LogP contribution in [0.4, 0.5) is 5.82 Å². The molecular weight excluding hydrogens is 470 g/mol. The monoisotopic (exact) mass is 487 g/mol. The van der Waals surface area contributed by atoms with Crippen LogP contribution in [-0.2, 0) is 15.6 Å². The number of nitrogens with one attached hydrogen (secondary N) is 1. The highest BCUT2D eigenvalue weighted by Gasteiger charge is 2.22. The van der Waals surface area contributed by atoms with E-state index in [2.05, 4.69) is 31.1 Å². The number of piperazine rings is 1. The Morgan fingerprint density at radius 1 is 1.15 bits per heavy atom. The number of pyridine rings is 1. The maximum Gasteiger partial charge on any atom is 0.191 e. The predicted octanol–water partition coefficient (Wildman–Crippen LogP) is 3.86. The van der Waals surface area contributed by atoms with Crippen molar-refractivity contribution in [2.75, 3.05) is 31.1 Å². The first-order valence-corrected chi connectivity index (χ1v) is 11.6. The third-order valence-electron chi connectivity index (χ3n) is 4.39. The Balaban J connectivity index is 0.00000210. The predicted molar refractivity (Wildman–Crippen MR) is 117 cm³/mol. The summed E-state index contributed by atoms with van der Waals surface area (Å²) in [5.41, 5.74) is 0.783. The largest absolute Gasteiger partial charge is 0.354 e. The van der Waals surface area contributed by atoms with Gasteiger partial charge in [-0.25, -0.2) is 13.4 Å². The Labute approximate surface area is 177 Å². The summed E-state index contributed by atoms with van der Waals surface area (Å²) >= 11 is 4.70. The summed E-state index contributed by atoms with van der Waals surface area (Å²) in [6.45, 7) is 3.58. The van der Waals surface area contributed by atoms with Gasteiger partial charge in [-0.1, -0.05) is 28.1 Å². The number of hydrogen-bond donors (Lipinski definition) is 1. The van der Waals surface area contributed by atoms with E-state index in [1.54, 1.807) is 12.3 Å². The lowest BCUT2D eigenvalue weighted by Gasteiger charge is -2.28. The quantitative estimate of drug-likeness (QED) is 0.604. The van der Waals surface area contributed by atoms with Gasteiger partial charge in [0.2, 0.25) is 0 Å². The Morgan fingerprint density at radius 3 is 2.56 bits per heavy atom. The van der Waals surface area contributed by atoms with Crippen molar-refractivity contribution >= 4 is 65.4 Å². The molecule has 1 saturated heterocycles. The van der Waals surface area contributed by atoms with Gasteiger partial charge in [0, 0.05) is 46.9 Å². The molecule has 9 heteroatoms. The summed E-state index contributed by atoms with van der Waals surface area (Å²) < 4.78 is 28.1. The third-order valence-corrected chi connectivity index (χ3v) is 8.27. The van der Waals surface area contributed by atoms with Crippen LogP contribution >= 0.6 is 39.7 Å². The molecule has 0 unspecified atom stereocenters. The number of thiophene rings is 1. The molecule has 144 valence electrons. The molecule has 0 aliphatic carbocycles. The van der Waals surface area contributed by atoms with Gasteiger partial charge in [0.1, 0.15) is 10.0 Å². The third kappa shape index (κ3) is 4.46. The van der Waals surface area contributed by atoms with Gasteiger partial charge in [-0.2, -0.15) is 0 Å². The number of hydrogen-bond acceptors (Lipinski definition) is 6. The lowest BCUT2D eigenvalue weighted by Crippen LogP contribution is -2.43. The summed E-state index contributed by atoms with van der Waals surface area (Å²) in [7, 11) is -3.39. The number of rotatable bonds is 4. The van der Waals surface area contributed by atoms with Gasteiger partial charge in [-0.3, -0.25) is 0 Å². The molecule has 3 heterocycles. The van der Waals surface area contributed by atoms with Crippen molar-refractivity contribution in [1.29, 1.82) is 0 Å². The molecule has 2 aromatic heterocycles.